The average Bonchev–Trinajstić information content (AvgIpc) is 2.06. The second kappa shape index (κ2) is 6.65. The normalized spacial score (nSPS) is 8.58. The van der Waals surface area contributed by atoms with Gasteiger partial charge in [0, 0.05) is 11.8 Å². The van der Waals surface area contributed by atoms with Crippen LogP contribution >= 0.6 is 0 Å². The van der Waals surface area contributed by atoms with Crippen LogP contribution in [0.2, 0.25) is 0 Å². The smallest absolute Gasteiger partial charge is 0.248 e. The molecule has 0 fully saturated rings. The van der Waals surface area contributed by atoms with Gasteiger partial charge in [0.15, 0.2) is 0 Å². The molecule has 0 saturated carbocycles. The first-order valence-electron chi connectivity index (χ1n) is 4.42. The summed E-state index contributed by atoms with van der Waals surface area (Å²) in [6.07, 6.45) is 2.13. The third kappa shape index (κ3) is 4.72. The van der Waals surface area contributed by atoms with Crippen molar-refractivity contribution >= 4 is 0 Å². The van der Waals surface area contributed by atoms with E-state index in [2.05, 4.69) is 18.8 Å². The van der Waals surface area contributed by atoms with E-state index in [4.69, 9.17) is 0 Å². The zero-order chi connectivity index (χ0) is 9.40. The lowest BCUT2D eigenvalue weighted by Crippen LogP contribution is -2.04. The van der Waals surface area contributed by atoms with Crippen molar-refractivity contribution in [2.45, 2.75) is 33.6 Å². The minimum atomic E-state index is -0.0191. The lowest BCUT2D eigenvalue weighted by atomic mass is 10.3. The molecule has 2 nitrogen and oxygen atoms in total. The van der Waals surface area contributed by atoms with Gasteiger partial charge < -0.3 is 4.98 Å². The van der Waals surface area contributed by atoms with Crippen molar-refractivity contribution in [3.05, 3.63) is 34.2 Å². The summed E-state index contributed by atoms with van der Waals surface area (Å²) in [5.74, 6) is 0. The Morgan fingerprint density at radius 1 is 1.25 bits per heavy atom. The molecule has 1 N–H and O–H groups in total. The van der Waals surface area contributed by atoms with Crippen LogP contribution in [0.25, 0.3) is 0 Å². The molecule has 12 heavy (non-hydrogen) atoms. The van der Waals surface area contributed by atoms with Crippen molar-refractivity contribution in [3.8, 4) is 0 Å². The van der Waals surface area contributed by atoms with E-state index in [0.29, 0.717) is 0 Å². The molecule has 1 aromatic heterocycles. The molecule has 0 saturated heterocycles. The lowest BCUT2D eigenvalue weighted by molar-refractivity contribution is 1.01. The highest BCUT2D eigenvalue weighted by Gasteiger charge is 1.85. The maximum Gasteiger partial charge on any atom is 0.248 e. The maximum atomic E-state index is 10.6. The van der Waals surface area contributed by atoms with Crippen LogP contribution in [-0.2, 0) is 6.42 Å². The van der Waals surface area contributed by atoms with Crippen LogP contribution in [0.15, 0.2) is 23.0 Å². The van der Waals surface area contributed by atoms with Crippen LogP contribution in [0.3, 0.4) is 0 Å². The number of aromatic nitrogens is 1. The van der Waals surface area contributed by atoms with E-state index in [1.54, 1.807) is 6.07 Å². The largest absolute Gasteiger partial charge is 0.326 e. The van der Waals surface area contributed by atoms with Crippen molar-refractivity contribution in [1.82, 2.24) is 4.98 Å². The maximum absolute atomic E-state index is 10.6. The van der Waals surface area contributed by atoms with Gasteiger partial charge in [0.1, 0.15) is 0 Å². The number of nitrogens with one attached hydrogen (secondary N) is 1. The Balaban J connectivity index is 0.000000354. The van der Waals surface area contributed by atoms with Gasteiger partial charge in [0.05, 0.1) is 0 Å². The van der Waals surface area contributed by atoms with Crippen LogP contribution in [0.1, 0.15) is 32.9 Å². The van der Waals surface area contributed by atoms with Gasteiger partial charge in [-0.25, -0.2) is 0 Å². The first-order valence-corrected chi connectivity index (χ1v) is 4.42. The van der Waals surface area contributed by atoms with Gasteiger partial charge >= 0.3 is 0 Å². The van der Waals surface area contributed by atoms with Gasteiger partial charge in [-0.2, -0.15) is 0 Å². The number of rotatable bonds is 1. The van der Waals surface area contributed by atoms with E-state index < -0.39 is 0 Å². The summed E-state index contributed by atoms with van der Waals surface area (Å²) in [5.41, 5.74) is 0.969. The highest BCUT2D eigenvalue weighted by Crippen LogP contribution is 1.88. The van der Waals surface area contributed by atoms with E-state index in [1.165, 1.54) is 12.5 Å². The molecule has 1 heterocycles. The average molecular weight is 167 g/mol. The van der Waals surface area contributed by atoms with Gasteiger partial charge in [-0.3, -0.25) is 4.79 Å². The fourth-order valence-corrected chi connectivity index (χ4v) is 0.699. The lowest BCUT2D eigenvalue weighted by Gasteiger charge is -1.90. The summed E-state index contributed by atoms with van der Waals surface area (Å²) in [7, 11) is 0. The summed E-state index contributed by atoms with van der Waals surface area (Å²) in [5, 5.41) is 0. The van der Waals surface area contributed by atoms with Gasteiger partial charge in [-0.05, 0) is 12.5 Å². The fourth-order valence-electron chi connectivity index (χ4n) is 0.699. The second-order valence-electron chi connectivity index (χ2n) is 2.60. The molecular formula is C10H17NO. The third-order valence-electron chi connectivity index (χ3n) is 1.21. The van der Waals surface area contributed by atoms with Crippen LogP contribution in [0.4, 0.5) is 0 Å². The Morgan fingerprint density at radius 3 is 2.17 bits per heavy atom. The second-order valence-corrected chi connectivity index (χ2v) is 2.60. The Morgan fingerprint density at radius 2 is 1.83 bits per heavy atom. The van der Waals surface area contributed by atoms with Crippen molar-refractivity contribution in [2.24, 2.45) is 0 Å². The predicted octanol–water partition coefficient (Wildman–Crippen LogP) is 2.35. The highest BCUT2D eigenvalue weighted by molar-refractivity contribution is 5.02. The van der Waals surface area contributed by atoms with Crippen molar-refractivity contribution in [3.63, 3.8) is 0 Å². The van der Waals surface area contributed by atoms with Crippen molar-refractivity contribution in [1.29, 1.82) is 0 Å². The molecule has 0 aliphatic carbocycles. The van der Waals surface area contributed by atoms with E-state index >= 15 is 0 Å². The van der Waals surface area contributed by atoms with Crippen molar-refractivity contribution in [2.75, 3.05) is 0 Å². The zero-order valence-corrected chi connectivity index (χ0v) is 8.05. The van der Waals surface area contributed by atoms with Crippen LogP contribution in [0, 0.1) is 0 Å². The van der Waals surface area contributed by atoms with Gasteiger partial charge in [-0.15, -0.1) is 0 Å². The molecule has 1 aromatic rings. The number of hydrogen-bond donors (Lipinski definition) is 1. The first kappa shape index (κ1) is 11.0. The van der Waals surface area contributed by atoms with Gasteiger partial charge in [-0.1, -0.05) is 33.3 Å². The summed E-state index contributed by atoms with van der Waals surface area (Å²) in [4.78, 5) is 13.3. The first-order chi connectivity index (χ1) is 5.74. The van der Waals surface area contributed by atoms with Crippen LogP contribution in [0.5, 0.6) is 0 Å². The Bertz CT molecular complexity index is 252. The van der Waals surface area contributed by atoms with E-state index in [-0.39, 0.29) is 5.56 Å². The summed E-state index contributed by atoms with van der Waals surface area (Å²) < 4.78 is 0. The quantitative estimate of drug-likeness (QED) is 0.684. The van der Waals surface area contributed by atoms with Gasteiger partial charge in [0.25, 0.3) is 0 Å². The fraction of sp³-hybridized carbons (Fsp3) is 0.500. The molecule has 0 amide bonds. The minimum absolute atomic E-state index is 0.0191. The standard InChI is InChI=1S/C7H9NO.C3H8/c1-2-6-4-3-5-7(9)8-6;1-3-2/h3-5H,2H2,1H3,(H,8,9);3H2,1-2H3. The third-order valence-corrected chi connectivity index (χ3v) is 1.21. The SMILES string of the molecule is CCC.CCc1cccc(=O)[nH]1. The molecule has 0 radical (unpaired) electrons. The van der Waals surface area contributed by atoms with E-state index in [9.17, 15) is 4.79 Å². The Kier molecular flexibility index (Phi) is 6.07. The minimum Gasteiger partial charge on any atom is -0.326 e. The number of aromatic amines is 1. The molecule has 2 heteroatoms. The number of H-pyrrole nitrogens is 1. The monoisotopic (exact) mass is 167 g/mol. The topological polar surface area (TPSA) is 32.9 Å². The molecule has 0 unspecified atom stereocenters. The molecule has 0 bridgehead atoms. The van der Waals surface area contributed by atoms with Crippen LogP contribution < -0.4 is 5.56 Å². The van der Waals surface area contributed by atoms with Gasteiger partial charge in [0.2, 0.25) is 5.56 Å². The molecule has 0 aliphatic heterocycles. The van der Waals surface area contributed by atoms with Crippen LogP contribution in [-0.4, -0.2) is 4.98 Å². The molecule has 0 atom stereocenters. The zero-order valence-electron chi connectivity index (χ0n) is 8.05. The molecular weight excluding hydrogens is 150 g/mol. The Labute approximate surface area is 73.6 Å². The molecule has 0 spiro atoms. The molecule has 0 aromatic carbocycles. The molecule has 68 valence electrons. The molecule has 1 rings (SSSR count). The summed E-state index contributed by atoms with van der Waals surface area (Å²) in [6, 6.07) is 5.18. The number of aryl methyl sites for hydroxylation is 1. The molecule has 0 aliphatic rings. The number of pyridine rings is 1. The highest BCUT2D eigenvalue weighted by atomic mass is 16.1. The summed E-state index contributed by atoms with van der Waals surface area (Å²) >= 11 is 0. The number of hydrogen-bond acceptors (Lipinski definition) is 1. The van der Waals surface area contributed by atoms with E-state index in [0.717, 1.165) is 12.1 Å². The summed E-state index contributed by atoms with van der Waals surface area (Å²) in [6.45, 7) is 6.26. The van der Waals surface area contributed by atoms with Crippen molar-refractivity contribution < 1.29 is 0 Å². The van der Waals surface area contributed by atoms with E-state index in [1.807, 2.05) is 13.0 Å². The Hall–Kier alpha value is -1.05. The predicted molar refractivity (Wildman–Crippen MR) is 52.4 cm³/mol.